The Balaban J connectivity index is 2.46. The van der Waals surface area contributed by atoms with Gasteiger partial charge >= 0.3 is 0 Å². The van der Waals surface area contributed by atoms with Crippen LogP contribution >= 0.6 is 23.4 Å². The Bertz CT molecular complexity index is 528. The highest BCUT2D eigenvalue weighted by Crippen LogP contribution is 2.45. The summed E-state index contributed by atoms with van der Waals surface area (Å²) in [7, 11) is 1.71. The molecule has 0 aliphatic carbocycles. The number of rotatable bonds is 2. The first-order valence-corrected chi connectivity index (χ1v) is 7.10. The van der Waals surface area contributed by atoms with Gasteiger partial charge in [-0.2, -0.15) is 20.2 Å². The van der Waals surface area contributed by atoms with Crippen LogP contribution in [0.5, 0.6) is 0 Å². The largest absolute Gasteiger partial charge is 0.357 e. The molecule has 1 fully saturated rings. The molecule has 1 aromatic heterocycles. The normalized spacial score (nSPS) is 25.2. The molecule has 1 N–H and O–H groups in total. The second-order valence-corrected chi connectivity index (χ2v) is 7.05. The zero-order valence-corrected chi connectivity index (χ0v) is 12.7. The lowest BCUT2D eigenvalue weighted by Gasteiger charge is -2.26. The zero-order chi connectivity index (χ0) is 14.2. The first kappa shape index (κ1) is 14.2. The van der Waals surface area contributed by atoms with Crippen molar-refractivity contribution in [1.82, 2.24) is 15.0 Å². The van der Waals surface area contributed by atoms with Crippen LogP contribution in [-0.4, -0.2) is 38.2 Å². The standard InChI is InChI=1S/C11H15ClN6S/c1-6-18(7(5-13)11(2,3)19-6)10-16-8(12)15-9(14-4)17-10/h6-7H,1-4H3,(H,14,15,16,17). The van der Waals surface area contributed by atoms with Crippen LogP contribution in [0.4, 0.5) is 11.9 Å². The molecule has 8 heteroatoms. The van der Waals surface area contributed by atoms with Crippen LogP contribution in [-0.2, 0) is 0 Å². The van der Waals surface area contributed by atoms with E-state index in [-0.39, 0.29) is 21.4 Å². The molecule has 2 rings (SSSR count). The Morgan fingerprint density at radius 3 is 2.68 bits per heavy atom. The number of aromatic nitrogens is 3. The molecule has 6 nitrogen and oxygen atoms in total. The maximum Gasteiger partial charge on any atom is 0.233 e. The molecular weight excluding hydrogens is 284 g/mol. The van der Waals surface area contributed by atoms with Crippen LogP contribution in [0, 0.1) is 11.3 Å². The van der Waals surface area contributed by atoms with E-state index >= 15 is 0 Å². The van der Waals surface area contributed by atoms with E-state index < -0.39 is 0 Å². The molecular formula is C11H15ClN6S. The van der Waals surface area contributed by atoms with Gasteiger partial charge in [0.15, 0.2) is 0 Å². The van der Waals surface area contributed by atoms with E-state index in [9.17, 15) is 5.26 Å². The molecule has 0 aromatic carbocycles. The van der Waals surface area contributed by atoms with Gasteiger partial charge in [0.1, 0.15) is 6.04 Å². The quantitative estimate of drug-likeness (QED) is 0.896. The third-order valence-corrected chi connectivity index (χ3v) is 4.54. The van der Waals surface area contributed by atoms with Crippen LogP contribution in [0.3, 0.4) is 0 Å². The number of hydrogen-bond donors (Lipinski definition) is 1. The van der Waals surface area contributed by atoms with Gasteiger partial charge in [-0.1, -0.05) is 0 Å². The summed E-state index contributed by atoms with van der Waals surface area (Å²) in [6.45, 7) is 6.12. The number of anilines is 2. The predicted octanol–water partition coefficient (Wildman–Crippen LogP) is 2.14. The van der Waals surface area contributed by atoms with Gasteiger partial charge in [-0.05, 0) is 32.4 Å². The molecule has 0 bridgehead atoms. The fourth-order valence-corrected chi connectivity index (χ4v) is 3.83. The van der Waals surface area contributed by atoms with Crippen LogP contribution < -0.4 is 10.2 Å². The second kappa shape index (κ2) is 5.02. The Labute approximate surface area is 121 Å². The molecule has 1 aromatic rings. The first-order valence-electron chi connectivity index (χ1n) is 5.84. The van der Waals surface area contributed by atoms with Crippen molar-refractivity contribution in [2.75, 3.05) is 17.3 Å². The monoisotopic (exact) mass is 298 g/mol. The van der Waals surface area contributed by atoms with E-state index in [1.807, 2.05) is 25.7 Å². The van der Waals surface area contributed by atoms with Gasteiger partial charge in [-0.3, -0.25) is 0 Å². The molecule has 0 saturated carbocycles. The van der Waals surface area contributed by atoms with E-state index in [4.69, 9.17) is 11.6 Å². The Morgan fingerprint density at radius 2 is 2.11 bits per heavy atom. The van der Waals surface area contributed by atoms with Gasteiger partial charge in [-0.15, -0.1) is 11.8 Å². The van der Waals surface area contributed by atoms with Gasteiger partial charge in [0, 0.05) is 11.8 Å². The summed E-state index contributed by atoms with van der Waals surface area (Å²) in [4.78, 5) is 14.3. The summed E-state index contributed by atoms with van der Waals surface area (Å²) >= 11 is 7.62. The smallest absolute Gasteiger partial charge is 0.233 e. The van der Waals surface area contributed by atoms with E-state index in [0.29, 0.717) is 11.9 Å². The van der Waals surface area contributed by atoms with Crippen molar-refractivity contribution in [2.45, 2.75) is 36.9 Å². The highest BCUT2D eigenvalue weighted by Gasteiger charge is 2.47. The van der Waals surface area contributed by atoms with Crippen molar-refractivity contribution in [3.8, 4) is 6.07 Å². The topological polar surface area (TPSA) is 77.7 Å². The molecule has 0 spiro atoms. The van der Waals surface area contributed by atoms with E-state index in [1.54, 1.807) is 18.8 Å². The van der Waals surface area contributed by atoms with Crippen LogP contribution in [0.1, 0.15) is 20.8 Å². The summed E-state index contributed by atoms with van der Waals surface area (Å²) < 4.78 is -0.187. The molecule has 0 radical (unpaired) electrons. The molecule has 19 heavy (non-hydrogen) atoms. The third-order valence-electron chi connectivity index (χ3n) is 2.98. The van der Waals surface area contributed by atoms with Gasteiger partial charge in [-0.25, -0.2) is 0 Å². The summed E-state index contributed by atoms with van der Waals surface area (Å²) in [6, 6.07) is 2.02. The number of hydrogen-bond acceptors (Lipinski definition) is 7. The van der Waals surface area contributed by atoms with Gasteiger partial charge < -0.3 is 10.2 Å². The van der Waals surface area contributed by atoms with Crippen LogP contribution in [0.25, 0.3) is 0 Å². The predicted molar refractivity (Wildman–Crippen MR) is 77.4 cm³/mol. The Morgan fingerprint density at radius 1 is 1.42 bits per heavy atom. The lowest BCUT2D eigenvalue weighted by atomic mass is 10.0. The lowest BCUT2D eigenvalue weighted by Crippen LogP contribution is -2.41. The average Bonchev–Trinajstić information content (AvgIpc) is 2.56. The fourth-order valence-electron chi connectivity index (χ4n) is 2.17. The molecule has 1 aliphatic rings. The van der Waals surface area contributed by atoms with Gasteiger partial charge in [0.05, 0.1) is 11.4 Å². The number of nitriles is 1. The molecule has 1 aliphatic heterocycles. The van der Waals surface area contributed by atoms with E-state index in [1.165, 1.54) is 0 Å². The maximum atomic E-state index is 9.42. The molecule has 2 heterocycles. The fraction of sp³-hybridized carbons (Fsp3) is 0.636. The molecule has 0 amide bonds. The average molecular weight is 299 g/mol. The molecule has 102 valence electrons. The van der Waals surface area contributed by atoms with Gasteiger partial charge in [0.25, 0.3) is 0 Å². The SMILES string of the molecule is CNc1nc(Cl)nc(N2C(C)SC(C)(C)C2C#N)n1. The van der Waals surface area contributed by atoms with Crippen molar-refractivity contribution < 1.29 is 0 Å². The number of thioether (sulfide) groups is 1. The third kappa shape index (κ3) is 2.55. The zero-order valence-electron chi connectivity index (χ0n) is 11.2. The molecule has 1 saturated heterocycles. The van der Waals surface area contributed by atoms with E-state index in [2.05, 4.69) is 26.3 Å². The van der Waals surface area contributed by atoms with Crippen LogP contribution in [0.2, 0.25) is 5.28 Å². The minimum Gasteiger partial charge on any atom is -0.357 e. The van der Waals surface area contributed by atoms with Gasteiger partial charge in [0.2, 0.25) is 17.2 Å². The summed E-state index contributed by atoms with van der Waals surface area (Å²) in [5.74, 6) is 0.829. The molecule has 2 atom stereocenters. The van der Waals surface area contributed by atoms with Crippen molar-refractivity contribution in [3.05, 3.63) is 5.28 Å². The van der Waals surface area contributed by atoms with Crippen molar-refractivity contribution >= 4 is 35.3 Å². The minimum absolute atomic E-state index is 0.0998. The summed E-state index contributed by atoms with van der Waals surface area (Å²) in [5.41, 5.74) is 0. The minimum atomic E-state index is -0.310. The van der Waals surface area contributed by atoms with Crippen molar-refractivity contribution in [2.24, 2.45) is 0 Å². The number of halogens is 1. The van der Waals surface area contributed by atoms with Crippen molar-refractivity contribution in [1.29, 1.82) is 5.26 Å². The second-order valence-electron chi connectivity index (χ2n) is 4.74. The Kier molecular flexibility index (Phi) is 3.74. The van der Waals surface area contributed by atoms with Crippen molar-refractivity contribution in [3.63, 3.8) is 0 Å². The molecule has 2 unspecified atom stereocenters. The first-order chi connectivity index (χ1) is 8.89. The summed E-state index contributed by atoms with van der Waals surface area (Å²) in [6.07, 6.45) is 0. The Hall–Kier alpha value is -1.26. The highest BCUT2D eigenvalue weighted by molar-refractivity contribution is 8.01. The summed E-state index contributed by atoms with van der Waals surface area (Å²) in [5, 5.41) is 12.5. The number of nitrogens with zero attached hydrogens (tertiary/aromatic N) is 5. The lowest BCUT2D eigenvalue weighted by molar-refractivity contribution is 0.600. The maximum absolute atomic E-state index is 9.42. The van der Waals surface area contributed by atoms with Crippen LogP contribution in [0.15, 0.2) is 0 Å². The van der Waals surface area contributed by atoms with E-state index in [0.717, 1.165) is 0 Å². The number of nitrogens with one attached hydrogen (secondary N) is 1. The highest BCUT2D eigenvalue weighted by atomic mass is 35.5.